The molecule has 1 aliphatic rings. The molecule has 0 unspecified atom stereocenters. The van der Waals surface area contributed by atoms with Crippen molar-refractivity contribution < 1.29 is 18.3 Å². The van der Waals surface area contributed by atoms with E-state index in [9.17, 15) is 0 Å². The van der Waals surface area contributed by atoms with Crippen LogP contribution >= 0.6 is 0 Å². The van der Waals surface area contributed by atoms with Crippen LogP contribution in [0.5, 0.6) is 5.75 Å². The number of benzene rings is 1. The lowest BCUT2D eigenvalue weighted by Gasteiger charge is -2.29. The Morgan fingerprint density at radius 2 is 1.52 bits per heavy atom. The van der Waals surface area contributed by atoms with E-state index in [1.807, 2.05) is 0 Å². The summed E-state index contributed by atoms with van der Waals surface area (Å²) < 4.78 is 23.9. The summed E-state index contributed by atoms with van der Waals surface area (Å²) in [4.78, 5) is 0. The summed E-state index contributed by atoms with van der Waals surface area (Å²) in [5.74, 6) is 1.64. The molecule has 4 nitrogen and oxygen atoms in total. The summed E-state index contributed by atoms with van der Waals surface area (Å²) in [6, 6.07) is 9.74. The number of ether oxygens (including phenoxy) is 2. The minimum atomic E-state index is -1.58. The minimum Gasteiger partial charge on any atom is -0.494 e. The average Bonchev–Trinajstić information content (AvgIpc) is 2.69. The SMILES string of the molecule is CCCOc1ccc(C2CCC(OCCC[SiH](OC(C)C)OC(C)C)CC2)cc1. The Labute approximate surface area is 180 Å². The van der Waals surface area contributed by atoms with Gasteiger partial charge in [-0.3, -0.25) is 0 Å². The number of rotatable bonds is 13. The van der Waals surface area contributed by atoms with Crippen molar-refractivity contribution in [3.63, 3.8) is 0 Å². The average molecular weight is 423 g/mol. The molecule has 0 atom stereocenters. The Hall–Kier alpha value is -0.883. The molecule has 166 valence electrons. The summed E-state index contributed by atoms with van der Waals surface area (Å²) in [6.07, 6.45) is 7.72. The summed E-state index contributed by atoms with van der Waals surface area (Å²) in [5, 5.41) is 0. The molecule has 0 aromatic heterocycles. The first-order chi connectivity index (χ1) is 14.0. The molecule has 5 heteroatoms. The van der Waals surface area contributed by atoms with Crippen LogP contribution in [-0.2, 0) is 13.6 Å². The number of hydrogen-bond acceptors (Lipinski definition) is 4. The van der Waals surface area contributed by atoms with E-state index >= 15 is 0 Å². The highest BCUT2D eigenvalue weighted by Gasteiger charge is 2.23. The van der Waals surface area contributed by atoms with Gasteiger partial charge in [0, 0.05) is 18.8 Å². The summed E-state index contributed by atoms with van der Waals surface area (Å²) in [5.41, 5.74) is 1.44. The maximum atomic E-state index is 6.18. The molecular weight excluding hydrogens is 380 g/mol. The lowest BCUT2D eigenvalue weighted by atomic mass is 9.83. The van der Waals surface area contributed by atoms with Crippen molar-refractivity contribution in [1.29, 1.82) is 0 Å². The van der Waals surface area contributed by atoms with Crippen LogP contribution in [0.1, 0.15) is 84.6 Å². The lowest BCUT2D eigenvalue weighted by Crippen LogP contribution is -2.30. The van der Waals surface area contributed by atoms with Crippen LogP contribution in [0.25, 0.3) is 0 Å². The maximum Gasteiger partial charge on any atom is 0.321 e. The van der Waals surface area contributed by atoms with Gasteiger partial charge in [0.1, 0.15) is 5.75 Å². The van der Waals surface area contributed by atoms with E-state index in [0.29, 0.717) is 12.0 Å². The first-order valence-corrected chi connectivity index (χ1v) is 13.4. The van der Waals surface area contributed by atoms with Gasteiger partial charge in [-0.1, -0.05) is 19.1 Å². The van der Waals surface area contributed by atoms with E-state index in [-0.39, 0.29) is 12.2 Å². The monoisotopic (exact) mass is 422 g/mol. The molecule has 0 saturated heterocycles. The fraction of sp³-hybridized carbons (Fsp3) is 0.750. The standard InChI is InChI=1S/C24H42O4Si/c1-6-16-25-23-12-8-21(9-13-23)22-10-14-24(15-11-22)26-17-7-18-29(27-19(2)3)28-20(4)5/h8-9,12-13,19-20,22,24,29H,6-7,10-11,14-18H2,1-5H3. The molecule has 29 heavy (non-hydrogen) atoms. The Morgan fingerprint density at radius 1 is 0.897 bits per heavy atom. The molecule has 1 aromatic carbocycles. The van der Waals surface area contributed by atoms with Crippen molar-refractivity contribution in [3.8, 4) is 5.75 Å². The molecule has 0 N–H and O–H groups in total. The highest BCUT2D eigenvalue weighted by Crippen LogP contribution is 2.34. The van der Waals surface area contributed by atoms with Crippen molar-refractivity contribution in [2.24, 2.45) is 0 Å². The van der Waals surface area contributed by atoms with Crippen LogP contribution in [0.2, 0.25) is 6.04 Å². The molecule has 0 aliphatic heterocycles. The third kappa shape index (κ3) is 9.64. The van der Waals surface area contributed by atoms with Gasteiger partial charge in [-0.05, 0) is 95.9 Å². The summed E-state index contributed by atoms with van der Waals surface area (Å²) in [7, 11) is -1.58. The van der Waals surface area contributed by atoms with Gasteiger partial charge in [-0.2, -0.15) is 0 Å². The molecule has 0 bridgehead atoms. The lowest BCUT2D eigenvalue weighted by molar-refractivity contribution is 0.0237. The van der Waals surface area contributed by atoms with E-state index in [2.05, 4.69) is 58.9 Å². The van der Waals surface area contributed by atoms with Gasteiger partial charge >= 0.3 is 9.28 Å². The van der Waals surface area contributed by atoms with Gasteiger partial charge in [0.05, 0.1) is 12.7 Å². The highest BCUT2D eigenvalue weighted by molar-refractivity contribution is 6.44. The topological polar surface area (TPSA) is 36.9 Å². The Balaban J connectivity index is 1.65. The second-order valence-corrected chi connectivity index (χ2v) is 10.7. The van der Waals surface area contributed by atoms with Crippen molar-refractivity contribution in [2.75, 3.05) is 13.2 Å². The predicted octanol–water partition coefficient (Wildman–Crippen LogP) is 5.98. The van der Waals surface area contributed by atoms with E-state index < -0.39 is 9.28 Å². The van der Waals surface area contributed by atoms with Crippen LogP contribution < -0.4 is 4.74 Å². The largest absolute Gasteiger partial charge is 0.494 e. The summed E-state index contributed by atoms with van der Waals surface area (Å²) >= 11 is 0. The van der Waals surface area contributed by atoms with Crippen molar-refractivity contribution in [3.05, 3.63) is 29.8 Å². The zero-order valence-electron chi connectivity index (χ0n) is 19.2. The van der Waals surface area contributed by atoms with Crippen LogP contribution in [0.15, 0.2) is 24.3 Å². The molecule has 1 aromatic rings. The quantitative estimate of drug-likeness (QED) is 0.289. The first kappa shape index (κ1) is 24.4. The molecule has 1 fully saturated rings. The number of hydrogen-bond donors (Lipinski definition) is 0. The fourth-order valence-electron chi connectivity index (χ4n) is 3.89. The first-order valence-electron chi connectivity index (χ1n) is 11.6. The van der Waals surface area contributed by atoms with E-state index in [1.165, 1.54) is 18.4 Å². The molecule has 1 saturated carbocycles. The molecule has 2 rings (SSSR count). The van der Waals surface area contributed by atoms with Crippen LogP contribution in [0.3, 0.4) is 0 Å². The zero-order valence-corrected chi connectivity index (χ0v) is 20.3. The van der Waals surface area contributed by atoms with Gasteiger partial charge < -0.3 is 18.3 Å². The Bertz CT molecular complexity index is 528. The van der Waals surface area contributed by atoms with Crippen LogP contribution in [0, 0.1) is 0 Å². The smallest absolute Gasteiger partial charge is 0.321 e. The molecule has 0 radical (unpaired) electrons. The summed E-state index contributed by atoms with van der Waals surface area (Å²) in [6.45, 7) is 12.1. The van der Waals surface area contributed by atoms with E-state index in [0.717, 1.165) is 50.7 Å². The van der Waals surface area contributed by atoms with Crippen molar-refractivity contribution >= 4 is 9.28 Å². The molecular formula is C24H42O4Si. The molecule has 0 amide bonds. The van der Waals surface area contributed by atoms with Gasteiger partial charge in [0.2, 0.25) is 0 Å². The third-order valence-corrected chi connectivity index (χ3v) is 7.86. The second-order valence-electron chi connectivity index (χ2n) is 8.70. The minimum absolute atomic E-state index is 0.244. The fourth-order valence-corrected chi connectivity index (χ4v) is 5.94. The van der Waals surface area contributed by atoms with Crippen LogP contribution in [-0.4, -0.2) is 40.8 Å². The van der Waals surface area contributed by atoms with E-state index in [4.69, 9.17) is 18.3 Å². The zero-order chi connectivity index (χ0) is 21.1. The Morgan fingerprint density at radius 3 is 2.07 bits per heavy atom. The van der Waals surface area contributed by atoms with Gasteiger partial charge in [-0.25, -0.2) is 0 Å². The molecule has 0 heterocycles. The molecule has 1 aliphatic carbocycles. The van der Waals surface area contributed by atoms with Crippen molar-refractivity contribution in [1.82, 2.24) is 0 Å². The molecule has 0 spiro atoms. The van der Waals surface area contributed by atoms with E-state index in [1.54, 1.807) is 0 Å². The van der Waals surface area contributed by atoms with Gasteiger partial charge in [0.25, 0.3) is 0 Å². The predicted molar refractivity (Wildman–Crippen MR) is 122 cm³/mol. The van der Waals surface area contributed by atoms with Gasteiger partial charge in [0.15, 0.2) is 0 Å². The van der Waals surface area contributed by atoms with Crippen LogP contribution in [0.4, 0.5) is 0 Å². The second kappa shape index (κ2) is 13.4. The Kier molecular flexibility index (Phi) is 11.3. The highest BCUT2D eigenvalue weighted by atomic mass is 28.3. The van der Waals surface area contributed by atoms with Crippen molar-refractivity contribution in [2.45, 2.75) is 103 Å². The third-order valence-electron chi connectivity index (χ3n) is 5.28. The normalized spacial score (nSPS) is 20.0. The van der Waals surface area contributed by atoms with Gasteiger partial charge in [-0.15, -0.1) is 0 Å². The maximum absolute atomic E-state index is 6.18.